The first kappa shape index (κ1) is 23.9. The number of aromatic nitrogens is 1. The Balaban J connectivity index is 1.49. The maximum absolute atomic E-state index is 14.0. The number of hydrogen-bond acceptors (Lipinski definition) is 5. The number of nitrogens with zero attached hydrogens (tertiary/aromatic N) is 2. The van der Waals surface area contributed by atoms with Crippen LogP contribution in [-0.4, -0.2) is 53.7 Å². The van der Waals surface area contributed by atoms with Crippen molar-refractivity contribution in [2.24, 2.45) is 0 Å². The molecule has 1 N–H and O–H groups in total. The van der Waals surface area contributed by atoms with Gasteiger partial charge < -0.3 is 10.1 Å². The summed E-state index contributed by atoms with van der Waals surface area (Å²) in [6.07, 6.45) is -0.444. The van der Waals surface area contributed by atoms with Gasteiger partial charge in [0.2, 0.25) is 0 Å². The minimum Gasteiger partial charge on any atom is -0.462 e. The average molecular weight is 473 g/mol. The number of alkyl halides is 3. The molecule has 1 aliphatic carbocycles. The van der Waals surface area contributed by atoms with E-state index in [1.54, 1.807) is 31.2 Å². The largest absolute Gasteiger partial charge is 0.462 e. The fraction of sp³-hybridized carbons (Fsp3) is 0.400. The number of amides is 1. The van der Waals surface area contributed by atoms with Gasteiger partial charge in [0.25, 0.3) is 5.91 Å². The lowest BCUT2D eigenvalue weighted by Gasteiger charge is -2.35. The number of nitrogens with one attached hydrogen (secondary N) is 1. The van der Waals surface area contributed by atoms with Gasteiger partial charge in [0, 0.05) is 19.1 Å². The molecule has 1 aromatic carbocycles. The minimum absolute atomic E-state index is 0.0641. The number of ether oxygens (including phenoxy) is 1. The van der Waals surface area contributed by atoms with Crippen molar-refractivity contribution >= 4 is 17.4 Å². The molecule has 1 atom stereocenters. The smallest absolute Gasteiger partial charge is 0.408 e. The van der Waals surface area contributed by atoms with E-state index >= 15 is 0 Å². The Morgan fingerprint density at radius 1 is 1.18 bits per heavy atom. The van der Waals surface area contributed by atoms with Gasteiger partial charge in [0.1, 0.15) is 11.7 Å². The van der Waals surface area contributed by atoms with E-state index in [1.807, 2.05) is 0 Å². The zero-order valence-corrected chi connectivity index (χ0v) is 18.8. The number of pyridine rings is 1. The molecule has 1 amide bonds. The normalized spacial score (nSPS) is 17.6. The summed E-state index contributed by atoms with van der Waals surface area (Å²) in [4.78, 5) is 29.9. The first-order chi connectivity index (χ1) is 16.3. The van der Waals surface area contributed by atoms with Crippen LogP contribution >= 0.6 is 0 Å². The van der Waals surface area contributed by atoms with Gasteiger partial charge in [0.05, 0.1) is 17.9 Å². The van der Waals surface area contributed by atoms with Gasteiger partial charge in [-0.05, 0) is 61.6 Å². The van der Waals surface area contributed by atoms with E-state index in [0.29, 0.717) is 17.8 Å². The molecule has 2 aliphatic rings. The van der Waals surface area contributed by atoms with E-state index in [-0.39, 0.29) is 42.8 Å². The van der Waals surface area contributed by atoms with E-state index in [0.717, 1.165) is 18.4 Å². The van der Waals surface area contributed by atoms with Crippen LogP contribution < -0.4 is 5.32 Å². The first-order valence-corrected chi connectivity index (χ1v) is 11.3. The number of rotatable bonds is 7. The highest BCUT2D eigenvalue weighted by molar-refractivity contribution is 5.93. The van der Waals surface area contributed by atoms with E-state index in [1.165, 1.54) is 29.2 Å². The van der Waals surface area contributed by atoms with Gasteiger partial charge >= 0.3 is 12.1 Å². The van der Waals surface area contributed by atoms with E-state index in [4.69, 9.17) is 4.74 Å². The fourth-order valence-electron chi connectivity index (χ4n) is 4.00. The maximum Gasteiger partial charge on any atom is 0.408 e. The Morgan fingerprint density at radius 3 is 2.50 bits per heavy atom. The molecule has 0 bridgehead atoms. The van der Waals surface area contributed by atoms with Gasteiger partial charge in [-0.2, -0.15) is 13.2 Å². The highest BCUT2D eigenvalue weighted by Crippen LogP contribution is 2.39. The van der Waals surface area contributed by atoms with Crippen LogP contribution in [0.15, 0.2) is 48.5 Å². The van der Waals surface area contributed by atoms with Crippen molar-refractivity contribution in [1.82, 2.24) is 15.2 Å². The van der Waals surface area contributed by atoms with Crippen LogP contribution in [0.25, 0.3) is 5.57 Å². The Hall–Kier alpha value is -3.20. The molecule has 1 saturated carbocycles. The molecule has 6 nitrogen and oxygen atoms in total. The number of carbonyl (C=O) groups excluding carboxylic acids is 2. The zero-order valence-electron chi connectivity index (χ0n) is 18.8. The standard InChI is InChI=1S/C25H26F3N3O3/c1-2-34-24(33)18-8-6-17(7-9-18)22(25(26,27)28)31-14-12-16(13-15-31)20-4-3-5-21(30-20)23(32)29-19-10-11-19/h3-9,12,19,22H,2,10-11,13-15H2,1H3,(H,29,32). The van der Waals surface area contributed by atoms with Crippen LogP contribution in [0.1, 0.15) is 64.3 Å². The molecule has 1 aliphatic heterocycles. The molecule has 1 unspecified atom stereocenters. The third-order valence-corrected chi connectivity index (χ3v) is 5.88. The monoisotopic (exact) mass is 473 g/mol. The van der Waals surface area contributed by atoms with E-state index in [2.05, 4.69) is 10.3 Å². The predicted molar refractivity (Wildman–Crippen MR) is 120 cm³/mol. The van der Waals surface area contributed by atoms with Crippen molar-refractivity contribution in [2.75, 3.05) is 19.7 Å². The molecule has 9 heteroatoms. The minimum atomic E-state index is -4.49. The Kier molecular flexibility index (Phi) is 7.02. The lowest BCUT2D eigenvalue weighted by atomic mass is 9.98. The fourth-order valence-corrected chi connectivity index (χ4v) is 4.00. The van der Waals surface area contributed by atoms with Gasteiger partial charge in [-0.3, -0.25) is 9.69 Å². The molecule has 1 fully saturated rings. The molecule has 0 radical (unpaired) electrons. The molecule has 1 aromatic heterocycles. The quantitative estimate of drug-likeness (QED) is 0.598. The third-order valence-electron chi connectivity index (χ3n) is 5.88. The van der Waals surface area contributed by atoms with Crippen LogP contribution in [0.3, 0.4) is 0 Å². The Labute approximate surface area is 195 Å². The summed E-state index contributed by atoms with van der Waals surface area (Å²) in [6.45, 7) is 2.12. The highest BCUT2D eigenvalue weighted by Gasteiger charge is 2.45. The molecule has 2 aromatic rings. The number of halogens is 3. The van der Waals surface area contributed by atoms with Gasteiger partial charge in [-0.25, -0.2) is 9.78 Å². The molecule has 0 saturated heterocycles. The highest BCUT2D eigenvalue weighted by atomic mass is 19.4. The summed E-state index contributed by atoms with van der Waals surface area (Å²) in [6, 6.07) is 8.93. The second kappa shape index (κ2) is 9.97. The van der Waals surface area contributed by atoms with Crippen molar-refractivity contribution < 1.29 is 27.5 Å². The second-order valence-corrected chi connectivity index (χ2v) is 8.42. The Bertz CT molecular complexity index is 1080. The van der Waals surface area contributed by atoms with Crippen LogP contribution in [0.2, 0.25) is 0 Å². The van der Waals surface area contributed by atoms with Gasteiger partial charge in [0.15, 0.2) is 0 Å². The molecule has 4 rings (SSSR count). The number of hydrogen-bond donors (Lipinski definition) is 1. The Morgan fingerprint density at radius 2 is 1.91 bits per heavy atom. The summed E-state index contributed by atoms with van der Waals surface area (Å²) in [5.74, 6) is -0.797. The summed E-state index contributed by atoms with van der Waals surface area (Å²) in [5, 5.41) is 2.89. The lowest BCUT2D eigenvalue weighted by molar-refractivity contribution is -0.185. The maximum atomic E-state index is 14.0. The first-order valence-electron chi connectivity index (χ1n) is 11.3. The summed E-state index contributed by atoms with van der Waals surface area (Å²) >= 11 is 0. The number of benzene rings is 1. The average Bonchev–Trinajstić information content (AvgIpc) is 3.63. The van der Waals surface area contributed by atoms with Crippen LogP contribution in [0.4, 0.5) is 13.2 Å². The van der Waals surface area contributed by atoms with E-state index in [9.17, 15) is 22.8 Å². The van der Waals surface area contributed by atoms with Crippen molar-refractivity contribution in [2.45, 2.75) is 44.4 Å². The molecule has 0 spiro atoms. The van der Waals surface area contributed by atoms with Crippen LogP contribution in [0, 0.1) is 0 Å². The third kappa shape index (κ3) is 5.64. The summed E-state index contributed by atoms with van der Waals surface area (Å²) in [5.41, 5.74) is 2.00. The second-order valence-electron chi connectivity index (χ2n) is 8.42. The predicted octanol–water partition coefficient (Wildman–Crippen LogP) is 4.54. The van der Waals surface area contributed by atoms with Crippen molar-refractivity contribution in [3.8, 4) is 0 Å². The van der Waals surface area contributed by atoms with Crippen molar-refractivity contribution in [3.05, 3.63) is 71.1 Å². The van der Waals surface area contributed by atoms with Crippen LogP contribution in [0.5, 0.6) is 0 Å². The number of carbonyl (C=O) groups is 2. The topological polar surface area (TPSA) is 71.5 Å². The van der Waals surface area contributed by atoms with Crippen LogP contribution in [-0.2, 0) is 4.74 Å². The molecular weight excluding hydrogens is 447 g/mol. The zero-order chi connectivity index (χ0) is 24.3. The summed E-state index contributed by atoms with van der Waals surface area (Å²) in [7, 11) is 0. The molecule has 34 heavy (non-hydrogen) atoms. The van der Waals surface area contributed by atoms with Crippen molar-refractivity contribution in [1.29, 1.82) is 0 Å². The molecular formula is C25H26F3N3O3. The number of esters is 1. The van der Waals surface area contributed by atoms with Crippen molar-refractivity contribution in [3.63, 3.8) is 0 Å². The summed E-state index contributed by atoms with van der Waals surface area (Å²) < 4.78 is 47.0. The van der Waals surface area contributed by atoms with Gasteiger partial charge in [-0.15, -0.1) is 0 Å². The SMILES string of the molecule is CCOC(=O)c1ccc(C(N2CC=C(c3cccc(C(=O)NC4CC4)n3)CC2)C(F)(F)F)cc1. The van der Waals surface area contributed by atoms with Gasteiger partial charge in [-0.1, -0.05) is 24.3 Å². The lowest BCUT2D eigenvalue weighted by Crippen LogP contribution is -2.40. The molecule has 2 heterocycles. The van der Waals surface area contributed by atoms with E-state index < -0.39 is 18.2 Å². The molecule has 180 valence electrons.